The Bertz CT molecular complexity index is 258. The molecule has 0 aliphatic heterocycles. The third-order valence-corrected chi connectivity index (χ3v) is 1.67. The molecule has 1 aliphatic carbocycles. The first-order valence-electron chi connectivity index (χ1n) is 3.38. The Morgan fingerprint density at radius 3 is 3.00 bits per heavy atom. The largest absolute Gasteiger partial charge is 0.362 e. The Morgan fingerprint density at radius 2 is 2.50 bits per heavy atom. The first-order chi connectivity index (χ1) is 5.57. The third-order valence-electron chi connectivity index (χ3n) is 1.67. The standard InChI is InChI=1S/C7H9NO4/c1-12-7(9)4-2-3-6(5-7)8(10)11/h2-4,9H,5H2,1H3. The van der Waals surface area contributed by atoms with Crippen molar-refractivity contribution in [3.63, 3.8) is 0 Å². The number of methoxy groups -OCH3 is 1. The Labute approximate surface area is 69.1 Å². The lowest BCUT2D eigenvalue weighted by atomic mass is 10.1. The van der Waals surface area contributed by atoms with Crippen molar-refractivity contribution in [2.24, 2.45) is 0 Å². The summed E-state index contributed by atoms with van der Waals surface area (Å²) in [6.45, 7) is 0. The lowest BCUT2D eigenvalue weighted by molar-refractivity contribution is -0.433. The van der Waals surface area contributed by atoms with Gasteiger partial charge >= 0.3 is 0 Å². The molecule has 5 nitrogen and oxygen atoms in total. The molecule has 0 heterocycles. The topological polar surface area (TPSA) is 72.6 Å². The van der Waals surface area contributed by atoms with Crippen LogP contribution in [0.5, 0.6) is 0 Å². The van der Waals surface area contributed by atoms with E-state index >= 15 is 0 Å². The Kier molecular flexibility index (Phi) is 2.25. The van der Waals surface area contributed by atoms with Crippen LogP contribution in [0.25, 0.3) is 0 Å². The average molecular weight is 171 g/mol. The van der Waals surface area contributed by atoms with Gasteiger partial charge in [-0.3, -0.25) is 10.1 Å². The van der Waals surface area contributed by atoms with Gasteiger partial charge in [-0.1, -0.05) is 6.08 Å². The molecule has 0 spiro atoms. The average Bonchev–Trinajstić information content (AvgIpc) is 2.05. The summed E-state index contributed by atoms with van der Waals surface area (Å²) < 4.78 is 4.68. The number of aliphatic hydroxyl groups is 1. The van der Waals surface area contributed by atoms with E-state index in [1.165, 1.54) is 25.3 Å². The van der Waals surface area contributed by atoms with Crippen molar-refractivity contribution in [2.45, 2.75) is 12.2 Å². The van der Waals surface area contributed by atoms with Gasteiger partial charge in [0.2, 0.25) is 0 Å². The van der Waals surface area contributed by atoms with Crippen molar-refractivity contribution in [3.05, 3.63) is 34.0 Å². The van der Waals surface area contributed by atoms with Crippen LogP contribution < -0.4 is 0 Å². The van der Waals surface area contributed by atoms with Gasteiger partial charge in [0, 0.05) is 13.2 Å². The molecule has 0 saturated heterocycles. The summed E-state index contributed by atoms with van der Waals surface area (Å²) in [7, 11) is 1.30. The third kappa shape index (κ3) is 1.69. The summed E-state index contributed by atoms with van der Waals surface area (Å²) in [4.78, 5) is 9.76. The van der Waals surface area contributed by atoms with Crippen LogP contribution >= 0.6 is 0 Å². The highest BCUT2D eigenvalue weighted by atomic mass is 16.6. The monoisotopic (exact) mass is 171 g/mol. The lowest BCUT2D eigenvalue weighted by Crippen LogP contribution is -2.31. The van der Waals surface area contributed by atoms with E-state index in [4.69, 9.17) is 0 Å². The van der Waals surface area contributed by atoms with E-state index in [1.54, 1.807) is 0 Å². The maximum absolute atomic E-state index is 10.3. The predicted molar refractivity (Wildman–Crippen MR) is 40.8 cm³/mol. The lowest BCUT2D eigenvalue weighted by Gasteiger charge is -2.22. The summed E-state index contributed by atoms with van der Waals surface area (Å²) in [5.74, 6) is -1.52. The number of ether oxygens (including phenoxy) is 1. The van der Waals surface area contributed by atoms with Crippen molar-refractivity contribution >= 4 is 0 Å². The second kappa shape index (κ2) is 3.04. The molecular weight excluding hydrogens is 162 g/mol. The number of nitro groups is 1. The molecule has 1 aliphatic rings. The van der Waals surface area contributed by atoms with Crippen molar-refractivity contribution in [1.82, 2.24) is 0 Å². The van der Waals surface area contributed by atoms with Gasteiger partial charge in [-0.05, 0) is 6.08 Å². The van der Waals surface area contributed by atoms with E-state index in [-0.39, 0.29) is 12.1 Å². The minimum absolute atomic E-state index is 0.0538. The first kappa shape index (κ1) is 8.89. The molecule has 1 rings (SSSR count). The van der Waals surface area contributed by atoms with Crippen LogP contribution in [0.3, 0.4) is 0 Å². The van der Waals surface area contributed by atoms with Gasteiger partial charge in [0.25, 0.3) is 5.70 Å². The molecular formula is C7H9NO4. The molecule has 1 N–H and O–H groups in total. The van der Waals surface area contributed by atoms with Gasteiger partial charge < -0.3 is 9.84 Å². The molecule has 66 valence electrons. The fourth-order valence-corrected chi connectivity index (χ4v) is 0.953. The fraction of sp³-hybridized carbons (Fsp3) is 0.429. The van der Waals surface area contributed by atoms with Crippen LogP contribution in [0.1, 0.15) is 6.42 Å². The SMILES string of the molecule is COC1(O)C=CC=C([N+](=O)[O-])C1. The molecule has 0 aromatic heterocycles. The predicted octanol–water partition coefficient (Wildman–Crippen LogP) is 0.442. The zero-order chi connectivity index (χ0) is 9.19. The molecule has 1 atom stereocenters. The van der Waals surface area contributed by atoms with Crippen LogP contribution in [0, 0.1) is 10.1 Å². The van der Waals surface area contributed by atoms with E-state index in [0.29, 0.717) is 0 Å². The fourth-order valence-electron chi connectivity index (χ4n) is 0.953. The highest BCUT2D eigenvalue weighted by Crippen LogP contribution is 2.23. The molecule has 0 saturated carbocycles. The number of allylic oxidation sites excluding steroid dienone is 2. The maximum Gasteiger partial charge on any atom is 0.251 e. The van der Waals surface area contributed by atoms with Gasteiger partial charge in [-0.15, -0.1) is 0 Å². The van der Waals surface area contributed by atoms with E-state index < -0.39 is 10.7 Å². The summed E-state index contributed by atoms with van der Waals surface area (Å²) in [6, 6.07) is 0. The van der Waals surface area contributed by atoms with Crippen molar-refractivity contribution in [2.75, 3.05) is 7.11 Å². The molecule has 12 heavy (non-hydrogen) atoms. The number of hydrogen-bond donors (Lipinski definition) is 1. The number of nitrogens with zero attached hydrogens (tertiary/aromatic N) is 1. The molecule has 5 heteroatoms. The maximum atomic E-state index is 10.3. The van der Waals surface area contributed by atoms with Crippen LogP contribution in [0.2, 0.25) is 0 Å². The zero-order valence-electron chi connectivity index (χ0n) is 6.56. The van der Waals surface area contributed by atoms with Gasteiger partial charge in [0.05, 0.1) is 11.3 Å². The molecule has 0 aromatic carbocycles. The molecule has 0 fully saturated rings. The van der Waals surface area contributed by atoms with Crippen molar-refractivity contribution in [1.29, 1.82) is 0 Å². The smallest absolute Gasteiger partial charge is 0.251 e. The van der Waals surface area contributed by atoms with Crippen molar-refractivity contribution < 1.29 is 14.8 Å². The zero-order valence-corrected chi connectivity index (χ0v) is 6.56. The van der Waals surface area contributed by atoms with Gasteiger partial charge in [-0.2, -0.15) is 0 Å². The Morgan fingerprint density at radius 1 is 1.83 bits per heavy atom. The summed E-state index contributed by atoms with van der Waals surface area (Å²) in [5.41, 5.74) is -0.0538. The Hall–Kier alpha value is -1.20. The summed E-state index contributed by atoms with van der Waals surface area (Å²) in [5, 5.41) is 19.7. The highest BCUT2D eigenvalue weighted by Gasteiger charge is 2.31. The molecule has 1 unspecified atom stereocenters. The van der Waals surface area contributed by atoms with E-state index in [0.717, 1.165) is 0 Å². The normalized spacial score (nSPS) is 28.3. The molecule has 0 radical (unpaired) electrons. The van der Waals surface area contributed by atoms with Gasteiger partial charge in [0.15, 0.2) is 5.79 Å². The summed E-state index contributed by atoms with van der Waals surface area (Å²) in [6.07, 6.45) is 4.01. The minimum atomic E-state index is -1.52. The van der Waals surface area contributed by atoms with Gasteiger partial charge in [0.1, 0.15) is 0 Å². The van der Waals surface area contributed by atoms with E-state index in [2.05, 4.69) is 4.74 Å². The minimum Gasteiger partial charge on any atom is -0.362 e. The number of rotatable bonds is 2. The Balaban J connectivity index is 2.80. The first-order valence-corrected chi connectivity index (χ1v) is 3.38. The quantitative estimate of drug-likeness (QED) is 0.371. The highest BCUT2D eigenvalue weighted by molar-refractivity contribution is 5.18. The van der Waals surface area contributed by atoms with Crippen LogP contribution in [-0.4, -0.2) is 22.9 Å². The van der Waals surface area contributed by atoms with Gasteiger partial charge in [-0.25, -0.2) is 0 Å². The summed E-state index contributed by atoms with van der Waals surface area (Å²) >= 11 is 0. The number of hydrogen-bond acceptors (Lipinski definition) is 4. The van der Waals surface area contributed by atoms with Crippen molar-refractivity contribution in [3.8, 4) is 0 Å². The van der Waals surface area contributed by atoms with Crippen LogP contribution in [-0.2, 0) is 4.74 Å². The second-order valence-electron chi connectivity index (χ2n) is 2.50. The van der Waals surface area contributed by atoms with Crippen LogP contribution in [0.4, 0.5) is 0 Å². The molecule has 0 aromatic rings. The van der Waals surface area contributed by atoms with E-state index in [1.807, 2.05) is 0 Å². The molecule has 0 bridgehead atoms. The second-order valence-corrected chi connectivity index (χ2v) is 2.50. The van der Waals surface area contributed by atoms with E-state index in [9.17, 15) is 15.2 Å². The molecule has 0 amide bonds. The van der Waals surface area contributed by atoms with Crippen LogP contribution in [0.15, 0.2) is 23.9 Å².